The van der Waals surface area contributed by atoms with Crippen molar-refractivity contribution in [3.05, 3.63) is 0 Å². The zero-order chi connectivity index (χ0) is 10.2. The number of carbonyl (C=O) groups excluding carboxylic acids is 1. The Labute approximate surface area is 87.2 Å². The van der Waals surface area contributed by atoms with E-state index in [4.69, 9.17) is 0 Å². The van der Waals surface area contributed by atoms with E-state index in [-0.39, 0.29) is 10.7 Å². The molecule has 1 amide bonds. The Balaban J connectivity index is 2.78. The maximum absolute atomic E-state index is 11.7. The van der Waals surface area contributed by atoms with Crippen molar-refractivity contribution >= 4 is 21.8 Å². The number of carbonyl (C=O) groups is 1. The van der Waals surface area contributed by atoms with E-state index < -0.39 is 11.6 Å². The van der Waals surface area contributed by atoms with E-state index >= 15 is 0 Å². The van der Waals surface area contributed by atoms with Crippen LogP contribution in [0.4, 0.5) is 0 Å². The summed E-state index contributed by atoms with van der Waals surface area (Å²) < 4.78 is 0. The van der Waals surface area contributed by atoms with Crippen LogP contribution < -0.4 is 0 Å². The van der Waals surface area contributed by atoms with Crippen LogP contribution in [-0.2, 0) is 4.79 Å². The molecule has 0 spiro atoms. The standard InChI is InChI=1S/C9H16BrNO2/c1-6(10)8(13)11-5-4-7(12)9(11,2)3/h6-7,12H,4-5H2,1-3H3. The molecule has 1 heterocycles. The minimum absolute atomic E-state index is 0.0570. The molecule has 3 nitrogen and oxygen atoms in total. The van der Waals surface area contributed by atoms with Gasteiger partial charge in [-0.3, -0.25) is 4.79 Å². The Kier molecular flexibility index (Phi) is 3.02. The van der Waals surface area contributed by atoms with Gasteiger partial charge in [-0.05, 0) is 27.2 Å². The van der Waals surface area contributed by atoms with Gasteiger partial charge in [0, 0.05) is 6.54 Å². The number of rotatable bonds is 1. The first-order valence-corrected chi connectivity index (χ1v) is 5.42. The number of nitrogens with zero attached hydrogens (tertiary/aromatic N) is 1. The first-order valence-electron chi connectivity index (χ1n) is 4.51. The van der Waals surface area contributed by atoms with E-state index in [0.29, 0.717) is 13.0 Å². The fourth-order valence-corrected chi connectivity index (χ4v) is 1.93. The van der Waals surface area contributed by atoms with Crippen LogP contribution in [-0.4, -0.2) is 38.9 Å². The van der Waals surface area contributed by atoms with Crippen molar-refractivity contribution in [1.29, 1.82) is 0 Å². The van der Waals surface area contributed by atoms with Crippen molar-refractivity contribution in [2.45, 2.75) is 43.7 Å². The van der Waals surface area contributed by atoms with Crippen LogP contribution >= 0.6 is 15.9 Å². The normalized spacial score (nSPS) is 29.0. The van der Waals surface area contributed by atoms with Gasteiger partial charge in [-0.2, -0.15) is 0 Å². The second-order valence-corrected chi connectivity index (χ2v) is 5.44. The Morgan fingerprint density at radius 2 is 2.23 bits per heavy atom. The number of amides is 1. The summed E-state index contributed by atoms with van der Waals surface area (Å²) in [6, 6.07) is 0. The third-order valence-corrected chi connectivity index (χ3v) is 3.14. The van der Waals surface area contributed by atoms with E-state index in [2.05, 4.69) is 15.9 Å². The molecule has 0 aliphatic carbocycles. The highest BCUT2D eigenvalue weighted by Gasteiger charge is 2.43. The molecule has 1 N–H and O–H groups in total. The summed E-state index contributed by atoms with van der Waals surface area (Å²) in [4.78, 5) is 13.3. The lowest BCUT2D eigenvalue weighted by Gasteiger charge is -2.34. The van der Waals surface area contributed by atoms with E-state index in [1.165, 1.54) is 0 Å². The van der Waals surface area contributed by atoms with Crippen molar-refractivity contribution in [3.63, 3.8) is 0 Å². The van der Waals surface area contributed by atoms with Crippen LogP contribution in [0.5, 0.6) is 0 Å². The smallest absolute Gasteiger partial charge is 0.236 e. The number of halogens is 1. The number of hydrogen-bond donors (Lipinski definition) is 1. The van der Waals surface area contributed by atoms with Gasteiger partial charge in [0.05, 0.1) is 16.5 Å². The lowest BCUT2D eigenvalue weighted by molar-refractivity contribution is -0.135. The minimum atomic E-state index is -0.418. The third kappa shape index (κ3) is 1.89. The molecule has 0 saturated carbocycles. The fraction of sp³-hybridized carbons (Fsp3) is 0.889. The SMILES string of the molecule is CC(Br)C(=O)N1CCC(O)C1(C)C. The first-order chi connectivity index (χ1) is 5.87. The predicted molar refractivity (Wildman–Crippen MR) is 54.8 cm³/mol. The number of aliphatic hydroxyl groups is 1. The number of likely N-dealkylation sites (tertiary alicyclic amines) is 1. The number of alkyl halides is 1. The number of aliphatic hydroxyl groups excluding tert-OH is 1. The van der Waals surface area contributed by atoms with Crippen LogP contribution in [0.2, 0.25) is 0 Å². The Morgan fingerprint density at radius 3 is 2.54 bits per heavy atom. The van der Waals surface area contributed by atoms with Gasteiger partial charge in [0.25, 0.3) is 0 Å². The van der Waals surface area contributed by atoms with Crippen LogP contribution in [0.1, 0.15) is 27.2 Å². The number of hydrogen-bond acceptors (Lipinski definition) is 2. The van der Waals surface area contributed by atoms with Gasteiger partial charge in [0.15, 0.2) is 0 Å². The Morgan fingerprint density at radius 1 is 1.69 bits per heavy atom. The van der Waals surface area contributed by atoms with Crippen molar-refractivity contribution in [2.75, 3.05) is 6.54 Å². The molecular formula is C9H16BrNO2. The maximum Gasteiger partial charge on any atom is 0.236 e. The zero-order valence-corrected chi connectivity index (χ0v) is 9.84. The van der Waals surface area contributed by atoms with Crippen LogP contribution in [0.15, 0.2) is 0 Å². The highest BCUT2D eigenvalue weighted by molar-refractivity contribution is 9.10. The second kappa shape index (κ2) is 3.58. The van der Waals surface area contributed by atoms with Gasteiger partial charge in [0.1, 0.15) is 0 Å². The largest absolute Gasteiger partial charge is 0.391 e. The summed E-state index contributed by atoms with van der Waals surface area (Å²) in [5, 5.41) is 9.65. The van der Waals surface area contributed by atoms with Crippen molar-refractivity contribution in [2.24, 2.45) is 0 Å². The first kappa shape index (κ1) is 11.0. The molecule has 0 aromatic heterocycles. The van der Waals surface area contributed by atoms with Crippen molar-refractivity contribution in [1.82, 2.24) is 4.90 Å². The van der Waals surface area contributed by atoms with Gasteiger partial charge < -0.3 is 10.0 Å². The summed E-state index contributed by atoms with van der Waals surface area (Å²) in [6.07, 6.45) is 0.279. The Bertz CT molecular complexity index is 216. The molecule has 13 heavy (non-hydrogen) atoms. The van der Waals surface area contributed by atoms with Crippen LogP contribution in [0.25, 0.3) is 0 Å². The lowest BCUT2D eigenvalue weighted by Crippen LogP contribution is -2.50. The van der Waals surface area contributed by atoms with Crippen molar-refractivity contribution in [3.8, 4) is 0 Å². The van der Waals surface area contributed by atoms with Gasteiger partial charge >= 0.3 is 0 Å². The lowest BCUT2D eigenvalue weighted by atomic mass is 9.98. The summed E-state index contributed by atoms with van der Waals surface area (Å²) in [5.41, 5.74) is -0.418. The molecule has 1 aliphatic rings. The average Bonchev–Trinajstić information content (AvgIpc) is 2.26. The predicted octanol–water partition coefficient (Wildman–Crippen LogP) is 1.14. The second-order valence-electron chi connectivity index (χ2n) is 4.06. The molecule has 1 fully saturated rings. The molecule has 2 unspecified atom stereocenters. The molecule has 0 bridgehead atoms. The van der Waals surface area contributed by atoms with Crippen LogP contribution in [0.3, 0.4) is 0 Å². The molecule has 76 valence electrons. The highest BCUT2D eigenvalue weighted by atomic mass is 79.9. The van der Waals surface area contributed by atoms with E-state index in [1.54, 1.807) is 4.90 Å². The highest BCUT2D eigenvalue weighted by Crippen LogP contribution is 2.30. The topological polar surface area (TPSA) is 40.5 Å². The molecule has 0 radical (unpaired) electrons. The molecule has 2 atom stereocenters. The van der Waals surface area contributed by atoms with E-state index in [1.807, 2.05) is 20.8 Å². The van der Waals surface area contributed by atoms with Crippen LogP contribution in [0, 0.1) is 0 Å². The van der Waals surface area contributed by atoms with Gasteiger partial charge in [-0.15, -0.1) is 0 Å². The molecule has 4 heteroatoms. The van der Waals surface area contributed by atoms with Gasteiger partial charge in [-0.25, -0.2) is 0 Å². The monoisotopic (exact) mass is 249 g/mol. The molecule has 1 saturated heterocycles. The molecule has 1 aliphatic heterocycles. The van der Waals surface area contributed by atoms with Gasteiger partial charge in [-0.1, -0.05) is 15.9 Å². The molecule has 1 rings (SSSR count). The fourth-order valence-electron chi connectivity index (χ4n) is 1.68. The summed E-state index contributed by atoms with van der Waals surface area (Å²) in [7, 11) is 0. The zero-order valence-electron chi connectivity index (χ0n) is 8.25. The average molecular weight is 250 g/mol. The van der Waals surface area contributed by atoms with E-state index in [9.17, 15) is 9.90 Å². The summed E-state index contributed by atoms with van der Waals surface area (Å²) in [5.74, 6) is 0.0570. The Hall–Kier alpha value is -0.0900. The minimum Gasteiger partial charge on any atom is -0.391 e. The van der Waals surface area contributed by atoms with Crippen molar-refractivity contribution < 1.29 is 9.90 Å². The summed E-state index contributed by atoms with van der Waals surface area (Å²) >= 11 is 3.25. The molecular weight excluding hydrogens is 234 g/mol. The van der Waals surface area contributed by atoms with E-state index in [0.717, 1.165) is 0 Å². The summed E-state index contributed by atoms with van der Waals surface area (Å²) in [6.45, 7) is 6.27. The maximum atomic E-state index is 11.7. The molecule has 0 aromatic rings. The van der Waals surface area contributed by atoms with Gasteiger partial charge in [0.2, 0.25) is 5.91 Å². The third-order valence-electron chi connectivity index (χ3n) is 2.74. The molecule has 0 aromatic carbocycles. The quantitative estimate of drug-likeness (QED) is 0.709.